The van der Waals surface area contributed by atoms with Crippen LogP contribution in [0.3, 0.4) is 0 Å². The van der Waals surface area contributed by atoms with Crippen molar-refractivity contribution >= 4 is 17.5 Å². The van der Waals surface area contributed by atoms with Gasteiger partial charge >= 0.3 is 12.0 Å². The smallest absolute Gasteiger partial charge is 0.324 e. The van der Waals surface area contributed by atoms with E-state index in [9.17, 15) is 0 Å². The number of anilines is 1. The first-order chi connectivity index (χ1) is 8.71. The van der Waals surface area contributed by atoms with Gasteiger partial charge in [0, 0.05) is 11.9 Å². The van der Waals surface area contributed by atoms with E-state index in [0.717, 1.165) is 25.8 Å². The second-order valence-electron chi connectivity index (χ2n) is 4.29. The molecule has 1 saturated carbocycles. The van der Waals surface area contributed by atoms with Gasteiger partial charge in [0.25, 0.3) is 0 Å². The minimum Gasteiger partial charge on any atom is -0.467 e. The number of methoxy groups -OCH3 is 2. The van der Waals surface area contributed by atoms with Crippen molar-refractivity contribution < 1.29 is 9.47 Å². The van der Waals surface area contributed by atoms with Gasteiger partial charge in [-0.15, -0.1) is 16.6 Å². The lowest BCUT2D eigenvalue weighted by molar-refractivity contribution is 0.341. The minimum atomic E-state index is 0.242. The fraction of sp³-hybridized carbons (Fsp3) is 0.727. The fourth-order valence-corrected chi connectivity index (χ4v) is 2.41. The molecule has 1 aliphatic rings. The van der Waals surface area contributed by atoms with Crippen LogP contribution in [0, 0.1) is 5.92 Å². The van der Waals surface area contributed by atoms with Gasteiger partial charge in [-0.25, -0.2) is 0 Å². The normalized spacial score (nSPS) is 22.8. The molecule has 0 saturated heterocycles. The van der Waals surface area contributed by atoms with Crippen molar-refractivity contribution in [1.29, 1.82) is 0 Å². The van der Waals surface area contributed by atoms with E-state index in [1.165, 1.54) is 14.2 Å². The van der Waals surface area contributed by atoms with Crippen LogP contribution in [0.5, 0.6) is 12.0 Å². The molecule has 1 aromatic heterocycles. The summed E-state index contributed by atoms with van der Waals surface area (Å²) >= 11 is 6.07. The molecule has 0 aliphatic heterocycles. The third-order valence-electron chi connectivity index (χ3n) is 2.99. The van der Waals surface area contributed by atoms with Crippen LogP contribution in [0.2, 0.25) is 0 Å². The summed E-state index contributed by atoms with van der Waals surface area (Å²) in [4.78, 5) is 12.2. The van der Waals surface area contributed by atoms with Crippen molar-refractivity contribution in [2.75, 3.05) is 26.1 Å². The predicted octanol–water partition coefficient (Wildman–Crippen LogP) is 1.71. The highest BCUT2D eigenvalue weighted by molar-refractivity contribution is 6.20. The molecule has 0 aromatic carbocycles. The topological polar surface area (TPSA) is 69.2 Å². The number of alkyl halides is 1. The van der Waals surface area contributed by atoms with Crippen molar-refractivity contribution in [3.63, 3.8) is 0 Å². The van der Waals surface area contributed by atoms with Crippen LogP contribution >= 0.6 is 11.6 Å². The summed E-state index contributed by atoms with van der Waals surface area (Å²) in [7, 11) is 3.02. The molecule has 0 amide bonds. The first-order valence-corrected chi connectivity index (χ1v) is 6.37. The minimum absolute atomic E-state index is 0.242. The first kappa shape index (κ1) is 13.1. The Morgan fingerprint density at radius 2 is 1.83 bits per heavy atom. The van der Waals surface area contributed by atoms with Crippen molar-refractivity contribution in [3.8, 4) is 12.0 Å². The molecular weight excluding hydrogens is 256 g/mol. The summed E-state index contributed by atoms with van der Waals surface area (Å²) in [5.41, 5.74) is 0. The summed E-state index contributed by atoms with van der Waals surface area (Å²) in [6.45, 7) is 0.805. The molecule has 100 valence electrons. The van der Waals surface area contributed by atoms with Crippen LogP contribution in [-0.2, 0) is 0 Å². The third kappa shape index (κ3) is 3.35. The molecule has 2 unspecified atom stereocenters. The molecule has 6 nitrogen and oxygen atoms in total. The highest BCUT2D eigenvalue weighted by Gasteiger charge is 2.22. The quantitative estimate of drug-likeness (QED) is 0.823. The Bertz CT molecular complexity index is 382. The summed E-state index contributed by atoms with van der Waals surface area (Å²) in [6, 6.07) is 0.483. The van der Waals surface area contributed by atoms with Gasteiger partial charge in [-0.2, -0.15) is 9.97 Å². The molecule has 1 aromatic rings. The van der Waals surface area contributed by atoms with E-state index in [4.69, 9.17) is 21.1 Å². The van der Waals surface area contributed by atoms with E-state index in [2.05, 4.69) is 20.3 Å². The van der Waals surface area contributed by atoms with Crippen LogP contribution in [0.25, 0.3) is 0 Å². The molecule has 1 fully saturated rings. The molecule has 18 heavy (non-hydrogen) atoms. The highest BCUT2D eigenvalue weighted by atomic mass is 35.5. The second kappa shape index (κ2) is 6.04. The zero-order valence-corrected chi connectivity index (χ0v) is 11.3. The third-order valence-corrected chi connectivity index (χ3v) is 3.38. The first-order valence-electron chi connectivity index (χ1n) is 5.93. The average molecular weight is 273 g/mol. The summed E-state index contributed by atoms with van der Waals surface area (Å²) in [5.74, 6) is 1.04. The number of aromatic nitrogens is 3. The van der Waals surface area contributed by atoms with Crippen molar-refractivity contribution in [3.05, 3.63) is 0 Å². The van der Waals surface area contributed by atoms with Crippen LogP contribution in [0.4, 0.5) is 5.95 Å². The van der Waals surface area contributed by atoms with Crippen molar-refractivity contribution in [2.45, 2.75) is 24.6 Å². The lowest BCUT2D eigenvalue weighted by Crippen LogP contribution is -2.14. The molecule has 1 heterocycles. The number of hydrogen-bond donors (Lipinski definition) is 1. The number of hydrogen-bond acceptors (Lipinski definition) is 6. The monoisotopic (exact) mass is 272 g/mol. The predicted molar refractivity (Wildman–Crippen MR) is 68.4 cm³/mol. The van der Waals surface area contributed by atoms with Gasteiger partial charge in [-0.05, 0) is 25.2 Å². The lowest BCUT2D eigenvalue weighted by Gasteiger charge is -2.11. The molecule has 0 bridgehead atoms. The largest absolute Gasteiger partial charge is 0.467 e. The van der Waals surface area contributed by atoms with Gasteiger partial charge in [-0.3, -0.25) is 0 Å². The maximum atomic E-state index is 6.07. The van der Waals surface area contributed by atoms with Gasteiger partial charge in [-0.1, -0.05) is 0 Å². The van der Waals surface area contributed by atoms with Gasteiger partial charge in [0.2, 0.25) is 5.95 Å². The maximum absolute atomic E-state index is 6.07. The van der Waals surface area contributed by atoms with Crippen LogP contribution in [-0.4, -0.2) is 41.1 Å². The lowest BCUT2D eigenvalue weighted by atomic mass is 10.1. The Kier molecular flexibility index (Phi) is 4.41. The van der Waals surface area contributed by atoms with Gasteiger partial charge in [0.15, 0.2) is 0 Å². The van der Waals surface area contributed by atoms with E-state index in [-0.39, 0.29) is 12.0 Å². The Labute approximate surface area is 111 Å². The Balaban J connectivity index is 1.95. The van der Waals surface area contributed by atoms with Crippen molar-refractivity contribution in [2.24, 2.45) is 5.92 Å². The summed E-state index contributed by atoms with van der Waals surface area (Å²) in [5, 5.41) is 3.48. The molecule has 0 radical (unpaired) electrons. The van der Waals surface area contributed by atoms with E-state index in [1.54, 1.807) is 0 Å². The molecule has 2 atom stereocenters. The second-order valence-corrected chi connectivity index (χ2v) is 4.91. The number of ether oxygens (including phenoxy) is 2. The molecule has 1 aliphatic carbocycles. The number of nitrogens with zero attached hydrogens (tertiary/aromatic N) is 3. The van der Waals surface area contributed by atoms with Crippen LogP contribution in [0.1, 0.15) is 19.3 Å². The Morgan fingerprint density at radius 3 is 2.33 bits per heavy atom. The number of halogens is 1. The van der Waals surface area contributed by atoms with E-state index < -0.39 is 0 Å². The molecular formula is C11H17ClN4O2. The van der Waals surface area contributed by atoms with Crippen LogP contribution < -0.4 is 14.8 Å². The molecule has 0 spiro atoms. The number of nitrogens with one attached hydrogen (secondary N) is 1. The molecule has 2 rings (SSSR count). The van der Waals surface area contributed by atoms with E-state index >= 15 is 0 Å². The van der Waals surface area contributed by atoms with Gasteiger partial charge in [0.1, 0.15) is 0 Å². The average Bonchev–Trinajstić information content (AvgIpc) is 2.81. The Hall–Kier alpha value is -1.30. The SMILES string of the molecule is COc1nc(NCC2CCC(Cl)C2)nc(OC)n1. The van der Waals surface area contributed by atoms with E-state index in [0.29, 0.717) is 17.2 Å². The summed E-state index contributed by atoms with van der Waals surface area (Å²) < 4.78 is 9.97. The summed E-state index contributed by atoms with van der Waals surface area (Å²) in [6.07, 6.45) is 3.26. The fourth-order valence-electron chi connectivity index (χ4n) is 2.03. The Morgan fingerprint density at radius 1 is 1.17 bits per heavy atom. The zero-order valence-electron chi connectivity index (χ0n) is 10.5. The molecule has 7 heteroatoms. The highest BCUT2D eigenvalue weighted by Crippen LogP contribution is 2.29. The van der Waals surface area contributed by atoms with Gasteiger partial charge in [0.05, 0.1) is 14.2 Å². The standard InChI is InChI=1S/C11H17ClN4O2/c1-17-10-14-9(15-11(16-10)18-2)13-6-7-3-4-8(12)5-7/h7-8H,3-6H2,1-2H3,(H,13,14,15,16). The van der Waals surface area contributed by atoms with Gasteiger partial charge < -0.3 is 14.8 Å². The van der Waals surface area contributed by atoms with Crippen LogP contribution in [0.15, 0.2) is 0 Å². The van der Waals surface area contributed by atoms with Crippen molar-refractivity contribution in [1.82, 2.24) is 15.0 Å². The zero-order chi connectivity index (χ0) is 13.0. The molecule has 1 N–H and O–H groups in total. The number of rotatable bonds is 5. The van der Waals surface area contributed by atoms with E-state index in [1.807, 2.05) is 0 Å². The maximum Gasteiger partial charge on any atom is 0.324 e.